The van der Waals surface area contributed by atoms with Gasteiger partial charge in [-0.15, -0.1) is 0 Å². The van der Waals surface area contributed by atoms with Crippen molar-refractivity contribution < 1.29 is 17.9 Å². The molecule has 0 saturated carbocycles. The minimum absolute atomic E-state index is 0.0523. The highest BCUT2D eigenvalue weighted by Gasteiger charge is 2.25. The summed E-state index contributed by atoms with van der Waals surface area (Å²) < 4.78 is 39.9. The van der Waals surface area contributed by atoms with Crippen molar-refractivity contribution in [3.8, 4) is 28.2 Å². The number of aryl methyl sites for hydroxylation is 1. The molecule has 0 bridgehead atoms. The molecule has 0 aliphatic heterocycles. The third-order valence-corrected chi connectivity index (χ3v) is 7.07. The highest BCUT2D eigenvalue weighted by Crippen LogP contribution is 2.35. The number of sulfone groups is 1. The minimum Gasteiger partial charge on any atom is -0.384 e. The number of hydrogen-bond donors (Lipinski definition) is 1. The molecule has 3 aromatic carbocycles. The lowest BCUT2D eigenvalue weighted by molar-refractivity contribution is 0.0743. The van der Waals surface area contributed by atoms with E-state index in [2.05, 4.69) is 4.98 Å². The first-order valence-corrected chi connectivity index (χ1v) is 12.8. The summed E-state index contributed by atoms with van der Waals surface area (Å²) in [5.41, 5.74) is 2.85. The summed E-state index contributed by atoms with van der Waals surface area (Å²) in [6.45, 7) is 5.17. The van der Waals surface area contributed by atoms with Crippen molar-refractivity contribution in [1.82, 2.24) is 9.55 Å². The van der Waals surface area contributed by atoms with E-state index >= 15 is 0 Å². The largest absolute Gasteiger partial charge is 0.384 e. The maximum absolute atomic E-state index is 14.2. The summed E-state index contributed by atoms with van der Waals surface area (Å²) in [5.74, 6) is -0.159. The molecular formula is C26H24ClFN2O3S. The highest BCUT2D eigenvalue weighted by atomic mass is 35.5. The lowest BCUT2D eigenvalue weighted by Gasteiger charge is -2.14. The van der Waals surface area contributed by atoms with E-state index in [0.717, 1.165) is 22.4 Å². The van der Waals surface area contributed by atoms with Crippen molar-refractivity contribution in [1.29, 1.82) is 0 Å². The van der Waals surface area contributed by atoms with Gasteiger partial charge in [0.05, 0.1) is 21.3 Å². The SMILES string of the molecule is Cc1cc(-c2cccc(S(C)(=O)=O)c2)ccc1-n1cc(C(C)(C)O)nc1-c1cccc(F)c1Cl. The van der Waals surface area contributed by atoms with E-state index in [1.165, 1.54) is 12.3 Å². The zero-order valence-electron chi connectivity index (χ0n) is 19.2. The molecule has 8 heteroatoms. The van der Waals surface area contributed by atoms with Gasteiger partial charge in [-0.2, -0.15) is 0 Å². The fourth-order valence-electron chi connectivity index (χ4n) is 3.74. The van der Waals surface area contributed by atoms with Gasteiger partial charge in [-0.05, 0) is 73.9 Å². The Labute approximate surface area is 203 Å². The molecule has 5 nitrogen and oxygen atoms in total. The number of hydrogen-bond acceptors (Lipinski definition) is 4. The van der Waals surface area contributed by atoms with E-state index in [9.17, 15) is 17.9 Å². The molecule has 0 spiro atoms. The standard InChI is InChI=1S/C26H24ClFN2O3S/c1-16-13-18(17-7-5-8-19(14-17)34(4,32)33)11-12-22(16)30-15-23(26(2,3)31)29-25(30)20-9-6-10-21(28)24(20)27/h5-15,31H,1-4H3. The average Bonchev–Trinajstić information content (AvgIpc) is 3.20. The first kappa shape index (κ1) is 24.1. The Morgan fingerprint density at radius 3 is 2.35 bits per heavy atom. The Balaban J connectivity index is 1.87. The Bertz CT molecular complexity index is 1500. The Morgan fingerprint density at radius 2 is 1.71 bits per heavy atom. The second-order valence-electron chi connectivity index (χ2n) is 8.78. The van der Waals surface area contributed by atoms with Gasteiger partial charge in [0.1, 0.15) is 17.2 Å². The molecule has 0 unspecified atom stereocenters. The Morgan fingerprint density at radius 1 is 1.03 bits per heavy atom. The monoisotopic (exact) mass is 498 g/mol. The number of nitrogens with zero attached hydrogens (tertiary/aromatic N) is 2. The van der Waals surface area contributed by atoms with Gasteiger partial charge in [0, 0.05) is 18.0 Å². The number of imidazole rings is 1. The van der Waals surface area contributed by atoms with E-state index in [1.807, 2.05) is 31.2 Å². The van der Waals surface area contributed by atoms with Gasteiger partial charge in [-0.3, -0.25) is 4.57 Å². The summed E-state index contributed by atoms with van der Waals surface area (Å²) in [4.78, 5) is 4.83. The molecule has 4 rings (SSSR count). The number of rotatable bonds is 5. The summed E-state index contributed by atoms with van der Waals surface area (Å²) in [6, 6.07) is 17.0. The van der Waals surface area contributed by atoms with Crippen molar-refractivity contribution >= 4 is 21.4 Å². The van der Waals surface area contributed by atoms with Crippen LogP contribution in [0.1, 0.15) is 25.1 Å². The molecule has 0 aliphatic carbocycles. The van der Waals surface area contributed by atoms with Crippen molar-refractivity contribution in [3.63, 3.8) is 0 Å². The van der Waals surface area contributed by atoms with Crippen LogP contribution in [0.3, 0.4) is 0 Å². The Kier molecular flexibility index (Phi) is 6.14. The summed E-state index contributed by atoms with van der Waals surface area (Å²) in [5, 5.41) is 10.5. The van der Waals surface area contributed by atoms with E-state index in [4.69, 9.17) is 11.6 Å². The molecule has 176 valence electrons. The number of halogens is 2. The molecular weight excluding hydrogens is 475 g/mol. The van der Waals surface area contributed by atoms with Crippen LogP contribution in [0.15, 0.2) is 71.8 Å². The number of aliphatic hydroxyl groups is 1. The molecule has 0 saturated heterocycles. The average molecular weight is 499 g/mol. The molecule has 0 amide bonds. The molecule has 0 aliphatic rings. The zero-order chi connectivity index (χ0) is 24.8. The molecule has 0 atom stereocenters. The quantitative estimate of drug-likeness (QED) is 0.369. The van der Waals surface area contributed by atoms with Crippen molar-refractivity contribution in [2.24, 2.45) is 0 Å². The van der Waals surface area contributed by atoms with Crippen molar-refractivity contribution in [2.75, 3.05) is 6.26 Å². The molecule has 1 heterocycles. The predicted molar refractivity (Wildman–Crippen MR) is 132 cm³/mol. The van der Waals surface area contributed by atoms with Crippen LogP contribution in [0, 0.1) is 12.7 Å². The smallest absolute Gasteiger partial charge is 0.175 e. The van der Waals surface area contributed by atoms with Crippen LogP contribution >= 0.6 is 11.6 Å². The summed E-state index contributed by atoms with van der Waals surface area (Å²) in [7, 11) is -3.33. The maximum atomic E-state index is 14.2. The van der Waals surface area contributed by atoms with Crippen LogP contribution < -0.4 is 0 Å². The van der Waals surface area contributed by atoms with Gasteiger partial charge in [0.15, 0.2) is 9.84 Å². The fourth-order valence-corrected chi connectivity index (χ4v) is 4.61. The topological polar surface area (TPSA) is 72.2 Å². The normalized spacial score (nSPS) is 12.2. The van der Waals surface area contributed by atoms with Gasteiger partial charge in [0.2, 0.25) is 0 Å². The molecule has 1 N–H and O–H groups in total. The molecule has 0 radical (unpaired) electrons. The molecule has 4 aromatic rings. The van der Waals surface area contributed by atoms with Crippen molar-refractivity contribution in [3.05, 3.63) is 89.0 Å². The Hall–Kier alpha value is -3.00. The van der Waals surface area contributed by atoms with Gasteiger partial charge in [0.25, 0.3) is 0 Å². The number of aromatic nitrogens is 2. The molecule has 0 fully saturated rings. The van der Waals surface area contributed by atoms with Gasteiger partial charge < -0.3 is 5.11 Å². The second-order valence-corrected chi connectivity index (χ2v) is 11.2. The van der Waals surface area contributed by atoms with Crippen LogP contribution in [0.25, 0.3) is 28.2 Å². The molecule has 1 aromatic heterocycles. The number of benzene rings is 3. The predicted octanol–water partition coefficient (Wildman–Crippen LogP) is 5.94. The van der Waals surface area contributed by atoms with E-state index in [0.29, 0.717) is 17.1 Å². The van der Waals surface area contributed by atoms with Crippen molar-refractivity contribution in [2.45, 2.75) is 31.3 Å². The van der Waals surface area contributed by atoms with Gasteiger partial charge in [-0.1, -0.05) is 35.9 Å². The van der Waals surface area contributed by atoms with Crippen LogP contribution in [-0.4, -0.2) is 29.3 Å². The third-order valence-electron chi connectivity index (χ3n) is 5.58. The van der Waals surface area contributed by atoms with E-state index in [1.54, 1.807) is 54.9 Å². The lowest BCUT2D eigenvalue weighted by atomic mass is 10.0. The van der Waals surface area contributed by atoms with Gasteiger partial charge >= 0.3 is 0 Å². The molecule has 34 heavy (non-hydrogen) atoms. The highest BCUT2D eigenvalue weighted by molar-refractivity contribution is 7.90. The third kappa shape index (κ3) is 4.64. The van der Waals surface area contributed by atoms with E-state index in [-0.39, 0.29) is 9.92 Å². The fraction of sp³-hybridized carbons (Fsp3) is 0.192. The first-order chi connectivity index (χ1) is 15.9. The minimum atomic E-state index is -3.33. The van der Waals surface area contributed by atoms with E-state index < -0.39 is 21.3 Å². The van der Waals surface area contributed by atoms with Crippen LogP contribution in [0.2, 0.25) is 5.02 Å². The van der Waals surface area contributed by atoms with Crippen LogP contribution in [-0.2, 0) is 15.4 Å². The van der Waals surface area contributed by atoms with Gasteiger partial charge in [-0.25, -0.2) is 17.8 Å². The summed E-state index contributed by atoms with van der Waals surface area (Å²) in [6.07, 6.45) is 2.89. The second kappa shape index (κ2) is 8.65. The van der Waals surface area contributed by atoms with Crippen LogP contribution in [0.5, 0.6) is 0 Å². The maximum Gasteiger partial charge on any atom is 0.175 e. The van der Waals surface area contributed by atoms with Crippen LogP contribution in [0.4, 0.5) is 4.39 Å². The lowest BCUT2D eigenvalue weighted by Crippen LogP contribution is -2.15. The first-order valence-electron chi connectivity index (χ1n) is 10.5. The summed E-state index contributed by atoms with van der Waals surface area (Å²) >= 11 is 6.27. The zero-order valence-corrected chi connectivity index (χ0v) is 20.7.